The molecule has 2 rings (SSSR count). The number of anilines is 1. The Morgan fingerprint density at radius 1 is 1.28 bits per heavy atom. The number of alkyl halides is 2. The molecule has 0 amide bonds. The van der Waals surface area contributed by atoms with Crippen LogP contribution in [0.2, 0.25) is 0 Å². The van der Waals surface area contributed by atoms with Gasteiger partial charge < -0.3 is 35.2 Å². The molecule has 1 aliphatic rings. The van der Waals surface area contributed by atoms with Crippen LogP contribution in [-0.2, 0) is 31.6 Å². The van der Waals surface area contributed by atoms with Crippen LogP contribution in [-0.4, -0.2) is 64.9 Å². The molecule has 16 nitrogen and oxygen atoms in total. The summed E-state index contributed by atoms with van der Waals surface area (Å²) in [6, 6.07) is 1.04. The molecule has 0 aromatic carbocycles. The van der Waals surface area contributed by atoms with Crippen LogP contribution in [0.5, 0.6) is 0 Å². The highest BCUT2D eigenvalue weighted by atomic mass is 31.3. The molecule has 2 heterocycles. The van der Waals surface area contributed by atoms with Crippen molar-refractivity contribution in [3.63, 3.8) is 0 Å². The molecule has 184 valence electrons. The van der Waals surface area contributed by atoms with Crippen molar-refractivity contribution in [3.8, 4) is 0 Å². The standard InChI is InChI=1S/C11H18F2N3O13P3/c1-5(27-31(22,23)29-32(24,25)28-30(19,20)21)7-8(17)11(13,4-12)9(26-7)16-3-2-6(14)15-10(16)18/h2-3,5,7-9,17H,4H2,1H3,(H,22,23)(H,24,25)(H2,14,15,18)(H2,19,20,21)/t5-,7+,8-,9+,11?/m0/s1. The number of phosphoric acid groups is 3. The Morgan fingerprint density at radius 3 is 2.38 bits per heavy atom. The van der Waals surface area contributed by atoms with E-state index >= 15 is 4.39 Å². The molecule has 0 saturated carbocycles. The van der Waals surface area contributed by atoms with Crippen LogP contribution in [0.4, 0.5) is 14.6 Å². The maximum atomic E-state index is 15.2. The number of rotatable bonds is 9. The minimum absolute atomic E-state index is 0.257. The van der Waals surface area contributed by atoms with E-state index in [2.05, 4.69) is 18.1 Å². The van der Waals surface area contributed by atoms with Gasteiger partial charge in [-0.15, -0.1) is 0 Å². The number of nitrogens with zero attached hydrogens (tertiary/aromatic N) is 2. The van der Waals surface area contributed by atoms with Crippen molar-refractivity contribution < 1.29 is 65.0 Å². The van der Waals surface area contributed by atoms with Gasteiger partial charge in [-0.2, -0.15) is 13.6 Å². The van der Waals surface area contributed by atoms with E-state index in [-0.39, 0.29) is 5.82 Å². The van der Waals surface area contributed by atoms with Crippen molar-refractivity contribution >= 4 is 29.3 Å². The van der Waals surface area contributed by atoms with Crippen LogP contribution in [0.15, 0.2) is 17.1 Å². The SMILES string of the molecule is C[C@H](OP(=O)(O)OP(=O)(O)OP(=O)(O)O)[C@H]1O[C@@H](n2ccc(N)nc2=O)C(F)(CF)[C@H]1O. The second kappa shape index (κ2) is 9.25. The first-order valence-corrected chi connectivity index (χ1v) is 12.7. The first-order chi connectivity index (χ1) is 14.4. The van der Waals surface area contributed by atoms with Crippen LogP contribution < -0.4 is 11.4 Å². The average Bonchev–Trinajstić information content (AvgIpc) is 2.84. The van der Waals surface area contributed by atoms with E-state index in [4.69, 9.17) is 25.2 Å². The third-order valence-electron chi connectivity index (χ3n) is 3.99. The monoisotopic (exact) mass is 531 g/mol. The summed E-state index contributed by atoms with van der Waals surface area (Å²) in [5, 5.41) is 10.2. The molecule has 21 heteroatoms. The molecule has 1 fully saturated rings. The molecule has 0 bridgehead atoms. The van der Waals surface area contributed by atoms with Crippen molar-refractivity contribution in [1.82, 2.24) is 9.55 Å². The summed E-state index contributed by atoms with van der Waals surface area (Å²) in [4.78, 5) is 51.0. The number of aromatic nitrogens is 2. The minimum Gasteiger partial charge on any atom is -0.387 e. The first kappa shape index (κ1) is 27.1. The zero-order valence-corrected chi connectivity index (χ0v) is 18.4. The van der Waals surface area contributed by atoms with Gasteiger partial charge in [-0.1, -0.05) is 0 Å². The number of nitrogens with two attached hydrogens (primary N) is 1. The largest absolute Gasteiger partial charge is 0.490 e. The molecule has 0 radical (unpaired) electrons. The Kier molecular flexibility index (Phi) is 7.84. The number of hydrogen-bond acceptors (Lipinski definition) is 11. The zero-order chi connectivity index (χ0) is 24.7. The number of phosphoric ester groups is 1. The Labute approximate surface area is 177 Å². The summed E-state index contributed by atoms with van der Waals surface area (Å²) in [5.74, 6) is -0.257. The second-order valence-corrected chi connectivity index (χ2v) is 10.8. The molecule has 7 atom stereocenters. The van der Waals surface area contributed by atoms with E-state index in [9.17, 15) is 32.9 Å². The fourth-order valence-corrected chi connectivity index (χ4v) is 5.94. The second-order valence-electron chi connectivity index (χ2n) is 6.40. The maximum Gasteiger partial charge on any atom is 0.490 e. The van der Waals surface area contributed by atoms with Gasteiger partial charge in [0.25, 0.3) is 0 Å². The fraction of sp³-hybridized carbons (Fsp3) is 0.636. The quantitative estimate of drug-likeness (QED) is 0.220. The zero-order valence-electron chi connectivity index (χ0n) is 15.7. The molecule has 32 heavy (non-hydrogen) atoms. The third kappa shape index (κ3) is 6.26. The summed E-state index contributed by atoms with van der Waals surface area (Å²) in [5.41, 5.74) is 0.850. The number of nitrogen functional groups attached to an aromatic ring is 1. The number of aliphatic hydroxyl groups is 1. The lowest BCUT2D eigenvalue weighted by atomic mass is 9.95. The molecule has 1 aliphatic heterocycles. The van der Waals surface area contributed by atoms with Gasteiger partial charge in [0.2, 0.25) is 5.67 Å². The van der Waals surface area contributed by atoms with E-state index in [1.54, 1.807) is 0 Å². The van der Waals surface area contributed by atoms with Gasteiger partial charge >= 0.3 is 29.2 Å². The van der Waals surface area contributed by atoms with Crippen molar-refractivity contribution in [2.45, 2.75) is 37.1 Å². The lowest BCUT2D eigenvalue weighted by Gasteiger charge is -2.26. The smallest absolute Gasteiger partial charge is 0.387 e. The highest BCUT2D eigenvalue weighted by Gasteiger charge is 2.61. The molecule has 0 spiro atoms. The lowest BCUT2D eigenvalue weighted by Crippen LogP contribution is -2.48. The molecule has 7 N–H and O–H groups in total. The van der Waals surface area contributed by atoms with Crippen LogP contribution in [0.1, 0.15) is 13.2 Å². The Balaban J connectivity index is 2.25. The molecule has 1 aromatic rings. The van der Waals surface area contributed by atoms with Crippen LogP contribution in [0.3, 0.4) is 0 Å². The van der Waals surface area contributed by atoms with Gasteiger partial charge in [-0.3, -0.25) is 9.09 Å². The summed E-state index contributed by atoms with van der Waals surface area (Å²) < 4.78 is 79.7. The molecule has 1 aromatic heterocycles. The topological polar surface area (TPSA) is 250 Å². The minimum atomic E-state index is -5.85. The predicted molar refractivity (Wildman–Crippen MR) is 97.1 cm³/mol. The number of halogens is 2. The van der Waals surface area contributed by atoms with Gasteiger partial charge in [0.15, 0.2) is 6.23 Å². The van der Waals surface area contributed by atoms with Crippen molar-refractivity contribution in [1.29, 1.82) is 0 Å². The van der Waals surface area contributed by atoms with Gasteiger partial charge in [-0.05, 0) is 13.0 Å². The number of aliphatic hydroxyl groups excluding tert-OH is 1. The van der Waals surface area contributed by atoms with Crippen LogP contribution >= 0.6 is 23.5 Å². The number of hydrogen-bond donors (Lipinski definition) is 6. The van der Waals surface area contributed by atoms with Gasteiger partial charge in [0.05, 0.1) is 6.10 Å². The summed E-state index contributed by atoms with van der Waals surface area (Å²) in [6.07, 6.45) is -7.51. The normalized spacial score (nSPS) is 31.1. The molecular formula is C11H18F2N3O13P3. The third-order valence-corrected chi connectivity index (χ3v) is 7.91. The predicted octanol–water partition coefficient (Wildman–Crippen LogP) is -0.507. The highest BCUT2D eigenvalue weighted by molar-refractivity contribution is 7.66. The van der Waals surface area contributed by atoms with E-state index < -0.39 is 66.0 Å². The van der Waals surface area contributed by atoms with Gasteiger partial charge in [-0.25, -0.2) is 27.3 Å². The fourth-order valence-electron chi connectivity index (χ4n) is 2.74. The van der Waals surface area contributed by atoms with Crippen LogP contribution in [0.25, 0.3) is 0 Å². The molecular weight excluding hydrogens is 513 g/mol. The van der Waals surface area contributed by atoms with Gasteiger partial charge in [0, 0.05) is 6.20 Å². The van der Waals surface area contributed by atoms with Crippen LogP contribution in [0, 0.1) is 0 Å². The van der Waals surface area contributed by atoms with Crippen molar-refractivity contribution in [2.75, 3.05) is 12.4 Å². The molecule has 1 saturated heterocycles. The Morgan fingerprint density at radius 2 is 1.88 bits per heavy atom. The first-order valence-electron chi connectivity index (χ1n) is 8.16. The summed E-state index contributed by atoms with van der Waals surface area (Å²) in [6.45, 7) is -1.02. The van der Waals surface area contributed by atoms with E-state index in [0.717, 1.165) is 19.2 Å². The summed E-state index contributed by atoms with van der Waals surface area (Å²) >= 11 is 0. The van der Waals surface area contributed by atoms with E-state index in [1.165, 1.54) is 0 Å². The van der Waals surface area contributed by atoms with Crippen molar-refractivity contribution in [3.05, 3.63) is 22.7 Å². The lowest BCUT2D eigenvalue weighted by molar-refractivity contribution is -0.0855. The number of ether oxygens (including phenoxy) is 1. The Hall–Kier alpha value is -1.13. The van der Waals surface area contributed by atoms with Gasteiger partial charge in [0.1, 0.15) is 24.7 Å². The van der Waals surface area contributed by atoms with Crippen molar-refractivity contribution in [2.24, 2.45) is 0 Å². The molecule has 0 aliphatic carbocycles. The summed E-state index contributed by atoms with van der Waals surface area (Å²) in [7, 11) is -17.2. The maximum absolute atomic E-state index is 15.2. The van der Waals surface area contributed by atoms with E-state index in [1.807, 2.05) is 0 Å². The molecule has 3 unspecified atom stereocenters. The Bertz CT molecular complexity index is 1050. The average molecular weight is 531 g/mol. The van der Waals surface area contributed by atoms with E-state index in [0.29, 0.717) is 4.57 Å². The highest BCUT2D eigenvalue weighted by Crippen LogP contribution is 2.66.